The van der Waals surface area contributed by atoms with Gasteiger partial charge in [-0.2, -0.15) is 0 Å². The maximum absolute atomic E-state index is 14.1. The van der Waals surface area contributed by atoms with E-state index in [1.807, 2.05) is 0 Å². The average molecular weight is 462 g/mol. The van der Waals surface area contributed by atoms with Crippen LogP contribution in [-0.2, 0) is 4.79 Å². The summed E-state index contributed by atoms with van der Waals surface area (Å²) in [4.78, 5) is 29.9. The normalized spacial score (nSPS) is 18.9. The molecule has 1 aromatic heterocycles. The molecule has 2 atom stereocenters. The molecule has 6 N–H and O–H groups in total. The molecule has 1 aliphatic rings. The van der Waals surface area contributed by atoms with E-state index in [0.29, 0.717) is 26.7 Å². The first-order valence-corrected chi connectivity index (χ1v) is 11.1. The minimum Gasteiger partial charge on any atom is -0.486 e. The quantitative estimate of drug-likeness (QED) is 0.448. The van der Waals surface area contributed by atoms with E-state index in [0.717, 1.165) is 37.0 Å². The maximum atomic E-state index is 14.1. The van der Waals surface area contributed by atoms with Gasteiger partial charge in [0, 0.05) is 20.0 Å². The van der Waals surface area contributed by atoms with Gasteiger partial charge in [0.05, 0.1) is 21.5 Å². The number of amidine groups is 1. The number of likely N-dealkylation sites (N-methyl/N-ethyl adjacent to an activating group) is 1. The van der Waals surface area contributed by atoms with E-state index >= 15 is 0 Å². The van der Waals surface area contributed by atoms with Crippen LogP contribution < -0.4 is 21.9 Å². The largest absolute Gasteiger partial charge is 0.486 e. The summed E-state index contributed by atoms with van der Waals surface area (Å²) in [5.41, 5.74) is 19.0. The standard InChI is InChI=1S/C22H28FN5O3S/c1-11-18(22(26)32-19(11)21(25)30)20(24)27-14-9-8-13(23)10-17(14)31-16-7-5-4-6-15(16)28(3)12(2)29/h8-10,15-16H,4-7,26H2,1-3H3,(H2,24,27)(H2,25,30)/t15-,16-/m1/s1. The Balaban J connectivity index is 1.97. The van der Waals surface area contributed by atoms with Gasteiger partial charge >= 0.3 is 0 Å². The van der Waals surface area contributed by atoms with Gasteiger partial charge in [-0.15, -0.1) is 11.3 Å². The van der Waals surface area contributed by atoms with Crippen LogP contribution >= 0.6 is 11.3 Å². The molecule has 1 heterocycles. The number of carbonyl (C=O) groups is 2. The number of primary amides is 1. The van der Waals surface area contributed by atoms with Gasteiger partial charge in [0.2, 0.25) is 5.91 Å². The smallest absolute Gasteiger partial charge is 0.259 e. The third-order valence-electron chi connectivity index (χ3n) is 5.76. The molecule has 0 bridgehead atoms. The lowest BCUT2D eigenvalue weighted by atomic mass is 9.91. The van der Waals surface area contributed by atoms with Crippen LogP contribution in [0, 0.1) is 12.7 Å². The Morgan fingerprint density at radius 3 is 2.56 bits per heavy atom. The van der Waals surface area contributed by atoms with Crippen molar-refractivity contribution in [2.24, 2.45) is 16.5 Å². The van der Waals surface area contributed by atoms with Crippen molar-refractivity contribution < 1.29 is 18.7 Å². The highest BCUT2D eigenvalue weighted by atomic mass is 32.1. The van der Waals surface area contributed by atoms with E-state index in [1.165, 1.54) is 25.1 Å². The van der Waals surface area contributed by atoms with Gasteiger partial charge in [0.15, 0.2) is 0 Å². The van der Waals surface area contributed by atoms with Crippen LogP contribution in [0.3, 0.4) is 0 Å². The summed E-state index contributed by atoms with van der Waals surface area (Å²) >= 11 is 1.04. The highest BCUT2D eigenvalue weighted by Gasteiger charge is 2.32. The van der Waals surface area contributed by atoms with Gasteiger partial charge in [-0.1, -0.05) is 6.42 Å². The first-order valence-electron chi connectivity index (χ1n) is 10.3. The number of nitrogens with two attached hydrogens (primary N) is 3. The lowest BCUT2D eigenvalue weighted by Gasteiger charge is -2.37. The van der Waals surface area contributed by atoms with Crippen LogP contribution in [0.5, 0.6) is 5.75 Å². The van der Waals surface area contributed by atoms with Crippen LogP contribution in [-0.4, -0.2) is 41.7 Å². The van der Waals surface area contributed by atoms with Crippen molar-refractivity contribution in [3.8, 4) is 5.75 Å². The van der Waals surface area contributed by atoms with Crippen molar-refractivity contribution in [1.82, 2.24) is 4.90 Å². The minimum atomic E-state index is -0.595. The monoisotopic (exact) mass is 461 g/mol. The molecule has 1 fully saturated rings. The molecule has 10 heteroatoms. The molecule has 0 radical (unpaired) electrons. The van der Waals surface area contributed by atoms with E-state index in [2.05, 4.69) is 4.99 Å². The molecule has 172 valence electrons. The second-order valence-corrected chi connectivity index (χ2v) is 8.96. The van der Waals surface area contributed by atoms with Gasteiger partial charge in [-0.3, -0.25) is 9.59 Å². The number of hydrogen-bond acceptors (Lipinski definition) is 6. The Morgan fingerprint density at radius 2 is 1.94 bits per heavy atom. The number of nitrogens with zero attached hydrogens (tertiary/aromatic N) is 2. The Hall–Kier alpha value is -3.14. The third-order valence-corrected chi connectivity index (χ3v) is 6.89. The predicted molar refractivity (Wildman–Crippen MR) is 124 cm³/mol. The Morgan fingerprint density at radius 1 is 1.25 bits per heavy atom. The fourth-order valence-electron chi connectivity index (χ4n) is 4.00. The van der Waals surface area contributed by atoms with Crippen LogP contribution in [0.1, 0.15) is 53.4 Å². The number of rotatable bonds is 6. The van der Waals surface area contributed by atoms with Crippen molar-refractivity contribution >= 4 is 39.7 Å². The summed E-state index contributed by atoms with van der Waals surface area (Å²) in [6.07, 6.45) is 3.17. The molecule has 8 nitrogen and oxygen atoms in total. The van der Waals surface area contributed by atoms with Crippen LogP contribution in [0.2, 0.25) is 0 Å². The zero-order chi connectivity index (χ0) is 23.6. The number of carbonyl (C=O) groups excluding carboxylic acids is 2. The Bertz CT molecular complexity index is 1070. The summed E-state index contributed by atoms with van der Waals surface area (Å²) in [5, 5.41) is 0.317. The number of aliphatic imine (C=N–C) groups is 1. The zero-order valence-electron chi connectivity index (χ0n) is 18.4. The first-order chi connectivity index (χ1) is 15.1. The predicted octanol–water partition coefficient (Wildman–Crippen LogP) is 3.08. The van der Waals surface area contributed by atoms with Crippen LogP contribution in [0.4, 0.5) is 15.1 Å². The summed E-state index contributed by atoms with van der Waals surface area (Å²) < 4.78 is 20.3. The molecule has 0 aliphatic heterocycles. The number of amides is 2. The molecule has 0 saturated heterocycles. The molecule has 0 unspecified atom stereocenters. The van der Waals surface area contributed by atoms with Gasteiger partial charge in [0.1, 0.15) is 29.2 Å². The topological polar surface area (TPSA) is 137 Å². The summed E-state index contributed by atoms with van der Waals surface area (Å²) in [7, 11) is 1.75. The highest BCUT2D eigenvalue weighted by molar-refractivity contribution is 7.18. The third kappa shape index (κ3) is 4.85. The van der Waals surface area contributed by atoms with E-state index in [9.17, 15) is 14.0 Å². The Labute approximate surface area is 190 Å². The van der Waals surface area contributed by atoms with E-state index in [1.54, 1.807) is 18.9 Å². The maximum Gasteiger partial charge on any atom is 0.259 e. The van der Waals surface area contributed by atoms with Crippen molar-refractivity contribution in [2.45, 2.75) is 51.7 Å². The average Bonchev–Trinajstić information content (AvgIpc) is 3.04. The molecular formula is C22H28FN5O3S. The molecule has 1 saturated carbocycles. The number of anilines is 1. The molecule has 3 rings (SSSR count). The molecule has 1 aromatic carbocycles. The summed E-state index contributed by atoms with van der Waals surface area (Å²) in [6.45, 7) is 3.20. The van der Waals surface area contributed by atoms with Gasteiger partial charge < -0.3 is 26.8 Å². The fraction of sp³-hybridized carbons (Fsp3) is 0.409. The van der Waals surface area contributed by atoms with E-state index < -0.39 is 11.7 Å². The lowest BCUT2D eigenvalue weighted by molar-refractivity contribution is -0.132. The molecule has 2 amide bonds. The van der Waals surface area contributed by atoms with Gasteiger partial charge in [-0.25, -0.2) is 9.38 Å². The van der Waals surface area contributed by atoms with Crippen LogP contribution in [0.25, 0.3) is 0 Å². The molecule has 1 aliphatic carbocycles. The fourth-order valence-corrected chi connectivity index (χ4v) is 4.94. The minimum absolute atomic E-state index is 0.0547. The Kier molecular flexibility index (Phi) is 7.02. The number of ether oxygens (including phenoxy) is 1. The second kappa shape index (κ2) is 9.56. The number of benzene rings is 1. The zero-order valence-corrected chi connectivity index (χ0v) is 19.2. The van der Waals surface area contributed by atoms with Gasteiger partial charge in [0.25, 0.3) is 5.91 Å². The summed E-state index contributed by atoms with van der Waals surface area (Å²) in [5.74, 6) is -0.834. The second-order valence-electron chi connectivity index (χ2n) is 7.91. The first kappa shape index (κ1) is 23.5. The van der Waals surface area contributed by atoms with E-state index in [4.69, 9.17) is 21.9 Å². The number of hydrogen-bond donors (Lipinski definition) is 3. The number of halogens is 1. The highest BCUT2D eigenvalue weighted by Crippen LogP contribution is 2.35. The molecular weight excluding hydrogens is 433 g/mol. The lowest BCUT2D eigenvalue weighted by Crippen LogP contribution is -2.48. The van der Waals surface area contributed by atoms with Gasteiger partial charge in [-0.05, 0) is 43.9 Å². The van der Waals surface area contributed by atoms with Crippen molar-refractivity contribution in [3.05, 3.63) is 40.0 Å². The molecule has 0 spiro atoms. The van der Waals surface area contributed by atoms with E-state index in [-0.39, 0.29) is 29.6 Å². The van der Waals surface area contributed by atoms with Crippen LogP contribution in [0.15, 0.2) is 23.2 Å². The molecule has 32 heavy (non-hydrogen) atoms. The summed E-state index contributed by atoms with van der Waals surface area (Å²) in [6, 6.07) is 3.87. The number of thiophene rings is 1. The number of nitrogen functional groups attached to an aromatic ring is 1. The molecule has 2 aromatic rings. The van der Waals surface area contributed by atoms with Crippen molar-refractivity contribution in [2.75, 3.05) is 12.8 Å². The van der Waals surface area contributed by atoms with Crippen molar-refractivity contribution in [3.63, 3.8) is 0 Å². The SMILES string of the molecule is CC(=O)N(C)[C@@H]1CCCC[C@H]1Oc1cc(F)ccc1N=C(N)c1c(N)sc(C(N)=O)c1C. The van der Waals surface area contributed by atoms with Crippen molar-refractivity contribution in [1.29, 1.82) is 0 Å².